The lowest BCUT2D eigenvalue weighted by Crippen LogP contribution is -2.52. The molecule has 0 aliphatic carbocycles. The van der Waals surface area contributed by atoms with Gasteiger partial charge < -0.3 is 13.9 Å². The normalized spacial score (nSPS) is 13.9. The van der Waals surface area contributed by atoms with Crippen LogP contribution in [0.15, 0.2) is 12.3 Å². The van der Waals surface area contributed by atoms with Gasteiger partial charge in [-0.15, -0.1) is 6.58 Å². The van der Waals surface area contributed by atoms with Crippen LogP contribution in [0.1, 0.15) is 33.6 Å². The van der Waals surface area contributed by atoms with Crippen molar-refractivity contribution in [2.45, 2.75) is 63.8 Å². The van der Waals surface area contributed by atoms with Gasteiger partial charge in [-0.2, -0.15) is 0 Å². The zero-order valence-electron chi connectivity index (χ0n) is 17.3. The maximum atomic E-state index is 7.03. The van der Waals surface area contributed by atoms with Gasteiger partial charge in [-0.25, -0.2) is 0 Å². The van der Waals surface area contributed by atoms with Gasteiger partial charge in [0, 0.05) is 0 Å². The summed E-state index contributed by atoms with van der Waals surface area (Å²) in [6, 6.07) is 2.41. The molecule has 0 saturated carbocycles. The van der Waals surface area contributed by atoms with E-state index in [9.17, 15) is 0 Å². The highest BCUT2D eigenvalue weighted by Crippen LogP contribution is 2.40. The quantitative estimate of drug-likeness (QED) is 0.503. The fourth-order valence-corrected chi connectivity index (χ4v) is 11.1. The minimum atomic E-state index is -1.88. The summed E-state index contributed by atoms with van der Waals surface area (Å²) in [6.45, 7) is 18.3. The Balaban J connectivity index is 5.11. The van der Waals surface area contributed by atoms with E-state index in [-0.39, 0.29) is 5.04 Å². The van der Waals surface area contributed by atoms with Crippen LogP contribution >= 0.6 is 0 Å². The average Bonchev–Trinajstić information content (AvgIpc) is 2.35. The number of nitrogens with zero attached hydrogens (tertiary/aromatic N) is 2. The third-order valence-corrected chi connectivity index (χ3v) is 15.5. The molecule has 0 unspecified atom stereocenters. The number of rotatable bonds is 11. The Morgan fingerprint density at radius 3 is 1.57 bits per heavy atom. The summed E-state index contributed by atoms with van der Waals surface area (Å²) in [6.07, 6.45) is 2.42. The molecule has 138 valence electrons. The van der Waals surface area contributed by atoms with E-state index in [1.165, 1.54) is 24.9 Å². The first-order valence-electron chi connectivity index (χ1n) is 8.98. The summed E-state index contributed by atoms with van der Waals surface area (Å²) in [5.74, 6) is 0. The van der Waals surface area contributed by atoms with Crippen molar-refractivity contribution in [2.24, 2.45) is 0 Å². The van der Waals surface area contributed by atoms with Crippen molar-refractivity contribution in [2.75, 3.05) is 41.3 Å². The molecule has 0 bridgehead atoms. The standard InChI is InChI=1S/C18H42N2OSi2/c1-11-23(16-12-14-19(5)6,17-13-15-20(7)8)21-22(9,10)18(2,3)4/h11H,1,12-17H2,2-10H3. The van der Waals surface area contributed by atoms with Gasteiger partial charge in [0.2, 0.25) is 8.32 Å². The van der Waals surface area contributed by atoms with Crippen LogP contribution in [0.5, 0.6) is 0 Å². The van der Waals surface area contributed by atoms with Crippen LogP contribution in [0.25, 0.3) is 0 Å². The van der Waals surface area contributed by atoms with Crippen molar-refractivity contribution in [3.8, 4) is 0 Å². The molecule has 5 heteroatoms. The molecular formula is C18H42N2OSi2. The van der Waals surface area contributed by atoms with E-state index < -0.39 is 16.6 Å². The van der Waals surface area contributed by atoms with E-state index in [0.717, 1.165) is 13.1 Å². The smallest absolute Gasteiger partial charge is 0.204 e. The average molecular weight is 359 g/mol. The molecule has 0 aromatic carbocycles. The van der Waals surface area contributed by atoms with Gasteiger partial charge >= 0.3 is 0 Å². The van der Waals surface area contributed by atoms with Crippen molar-refractivity contribution in [3.05, 3.63) is 12.3 Å². The van der Waals surface area contributed by atoms with Crippen LogP contribution in [0.3, 0.4) is 0 Å². The van der Waals surface area contributed by atoms with Crippen molar-refractivity contribution in [1.29, 1.82) is 0 Å². The lowest BCUT2D eigenvalue weighted by molar-refractivity contribution is 0.393. The first-order valence-corrected chi connectivity index (χ1v) is 14.3. The van der Waals surface area contributed by atoms with E-state index >= 15 is 0 Å². The Labute approximate surface area is 148 Å². The van der Waals surface area contributed by atoms with Crippen LogP contribution < -0.4 is 0 Å². The van der Waals surface area contributed by atoms with Crippen LogP contribution in [-0.2, 0) is 4.12 Å². The molecule has 0 aromatic rings. The predicted octanol–water partition coefficient (Wildman–Crippen LogP) is 4.58. The fraction of sp³-hybridized carbons (Fsp3) is 0.889. The van der Waals surface area contributed by atoms with Gasteiger partial charge in [0.25, 0.3) is 0 Å². The summed E-state index contributed by atoms with van der Waals surface area (Å²) >= 11 is 0. The van der Waals surface area contributed by atoms with Crippen molar-refractivity contribution >= 4 is 16.6 Å². The second-order valence-electron chi connectivity index (χ2n) is 8.94. The van der Waals surface area contributed by atoms with E-state index in [2.05, 4.69) is 84.1 Å². The summed E-state index contributed by atoms with van der Waals surface area (Å²) in [4.78, 5) is 4.54. The molecular weight excluding hydrogens is 316 g/mol. The highest BCUT2D eigenvalue weighted by Gasteiger charge is 2.44. The maximum absolute atomic E-state index is 7.03. The molecule has 0 N–H and O–H groups in total. The molecule has 0 radical (unpaired) electrons. The van der Waals surface area contributed by atoms with Crippen LogP contribution in [0, 0.1) is 0 Å². The lowest BCUT2D eigenvalue weighted by Gasteiger charge is -2.44. The summed E-state index contributed by atoms with van der Waals surface area (Å²) in [5, 5.41) is 0.261. The zero-order chi connectivity index (χ0) is 18.3. The minimum Gasteiger partial charge on any atom is -0.452 e. The van der Waals surface area contributed by atoms with Gasteiger partial charge in [0.05, 0.1) is 0 Å². The minimum absolute atomic E-state index is 0.261. The van der Waals surface area contributed by atoms with Gasteiger partial charge in [-0.3, -0.25) is 0 Å². The molecule has 0 atom stereocenters. The van der Waals surface area contributed by atoms with Crippen LogP contribution in [0.4, 0.5) is 0 Å². The molecule has 0 aromatic heterocycles. The van der Waals surface area contributed by atoms with Gasteiger partial charge in [-0.1, -0.05) is 26.5 Å². The third kappa shape index (κ3) is 8.63. The first kappa shape index (κ1) is 23.1. The molecule has 0 aliphatic heterocycles. The highest BCUT2D eigenvalue weighted by atomic mass is 28.4. The lowest BCUT2D eigenvalue weighted by atomic mass is 10.2. The summed E-state index contributed by atoms with van der Waals surface area (Å²) in [7, 11) is 4.97. The van der Waals surface area contributed by atoms with E-state index in [1.54, 1.807) is 0 Å². The van der Waals surface area contributed by atoms with Crippen LogP contribution in [-0.4, -0.2) is 67.7 Å². The Morgan fingerprint density at radius 1 is 0.913 bits per heavy atom. The maximum Gasteiger partial charge on any atom is 0.204 e. The van der Waals surface area contributed by atoms with Gasteiger partial charge in [0.15, 0.2) is 8.32 Å². The predicted molar refractivity (Wildman–Crippen MR) is 110 cm³/mol. The molecule has 0 heterocycles. The van der Waals surface area contributed by atoms with E-state index in [1.807, 2.05) is 0 Å². The molecule has 23 heavy (non-hydrogen) atoms. The first-order chi connectivity index (χ1) is 10.4. The van der Waals surface area contributed by atoms with Crippen molar-refractivity contribution in [3.63, 3.8) is 0 Å². The Bertz CT molecular complexity index is 335. The van der Waals surface area contributed by atoms with E-state index in [0.29, 0.717) is 0 Å². The summed E-state index contributed by atoms with van der Waals surface area (Å²) in [5.41, 5.74) is 2.23. The van der Waals surface area contributed by atoms with Crippen molar-refractivity contribution < 1.29 is 4.12 Å². The molecule has 0 amide bonds. The number of hydrogen-bond acceptors (Lipinski definition) is 3. The topological polar surface area (TPSA) is 15.7 Å². The Morgan fingerprint density at radius 2 is 1.30 bits per heavy atom. The molecule has 3 nitrogen and oxygen atoms in total. The second-order valence-corrected chi connectivity index (χ2v) is 17.8. The largest absolute Gasteiger partial charge is 0.452 e. The fourth-order valence-electron chi connectivity index (χ4n) is 2.52. The molecule has 0 aliphatic rings. The Kier molecular flexibility index (Phi) is 9.54. The van der Waals surface area contributed by atoms with Gasteiger partial charge in [-0.05, 0) is 84.3 Å². The molecule has 0 spiro atoms. The molecule has 0 saturated heterocycles. The third-order valence-electron chi connectivity index (χ3n) is 5.05. The monoisotopic (exact) mass is 358 g/mol. The van der Waals surface area contributed by atoms with Gasteiger partial charge in [0.1, 0.15) is 0 Å². The van der Waals surface area contributed by atoms with E-state index in [4.69, 9.17) is 4.12 Å². The molecule has 0 rings (SSSR count). The molecule has 0 fully saturated rings. The SMILES string of the molecule is C=C[Si](CCCN(C)C)(CCCN(C)C)O[Si](C)(C)C(C)(C)C. The van der Waals surface area contributed by atoms with Crippen LogP contribution in [0.2, 0.25) is 30.2 Å². The highest BCUT2D eigenvalue weighted by molar-refractivity contribution is 6.89. The number of hydrogen-bond donors (Lipinski definition) is 0. The second kappa shape index (κ2) is 9.51. The van der Waals surface area contributed by atoms with Crippen molar-refractivity contribution in [1.82, 2.24) is 9.80 Å². The Hall–Kier alpha value is 0.0538. The summed E-state index contributed by atoms with van der Waals surface area (Å²) < 4.78 is 7.03. The zero-order valence-corrected chi connectivity index (χ0v) is 19.3.